The molecule has 0 radical (unpaired) electrons. The summed E-state index contributed by atoms with van der Waals surface area (Å²) in [6, 6.07) is 8.36. The third kappa shape index (κ3) is 3.32. The van der Waals surface area contributed by atoms with Gasteiger partial charge in [-0.15, -0.1) is 0 Å². The molecule has 1 N–H and O–H groups in total. The summed E-state index contributed by atoms with van der Waals surface area (Å²) < 4.78 is 0. The van der Waals surface area contributed by atoms with Crippen LogP contribution in [0.5, 0.6) is 0 Å². The van der Waals surface area contributed by atoms with Crippen LogP contribution in [-0.2, 0) is 0 Å². The topological polar surface area (TPSA) is 41.1 Å². The van der Waals surface area contributed by atoms with E-state index >= 15 is 0 Å². The minimum atomic E-state index is 0.673. The Morgan fingerprint density at radius 1 is 1.05 bits per heavy atom. The van der Waals surface area contributed by atoms with Gasteiger partial charge < -0.3 is 10.2 Å². The highest BCUT2D eigenvalue weighted by Gasteiger charge is 2.13. The second-order valence-corrected chi connectivity index (χ2v) is 5.73. The molecule has 1 fully saturated rings. The lowest BCUT2D eigenvalue weighted by Gasteiger charge is -2.27. The summed E-state index contributed by atoms with van der Waals surface area (Å²) in [5.74, 6) is 1.70. The molecule has 0 amide bonds. The van der Waals surface area contributed by atoms with E-state index in [0.29, 0.717) is 5.95 Å². The molecule has 0 spiro atoms. The van der Waals surface area contributed by atoms with Crippen molar-refractivity contribution >= 4 is 17.5 Å². The zero-order valence-corrected chi connectivity index (χ0v) is 12.8. The molecule has 0 saturated carbocycles. The van der Waals surface area contributed by atoms with Crippen molar-refractivity contribution in [1.82, 2.24) is 9.97 Å². The molecule has 0 aliphatic carbocycles. The van der Waals surface area contributed by atoms with Crippen molar-refractivity contribution in [2.75, 3.05) is 23.3 Å². The highest BCUT2D eigenvalue weighted by atomic mass is 15.2. The largest absolute Gasteiger partial charge is 0.356 e. The van der Waals surface area contributed by atoms with Crippen LogP contribution < -0.4 is 10.2 Å². The Bertz CT molecular complexity index is 618. The first kappa shape index (κ1) is 13.9. The average molecular weight is 282 g/mol. The summed E-state index contributed by atoms with van der Waals surface area (Å²) in [7, 11) is 0. The highest BCUT2D eigenvalue weighted by molar-refractivity contribution is 5.60. The van der Waals surface area contributed by atoms with Gasteiger partial charge in [0.25, 0.3) is 0 Å². The molecule has 1 aliphatic heterocycles. The molecule has 2 aromatic rings. The fourth-order valence-electron chi connectivity index (χ4n) is 2.70. The van der Waals surface area contributed by atoms with E-state index in [9.17, 15) is 0 Å². The van der Waals surface area contributed by atoms with Gasteiger partial charge in [-0.25, -0.2) is 4.98 Å². The van der Waals surface area contributed by atoms with Crippen molar-refractivity contribution in [2.24, 2.45) is 0 Å². The van der Waals surface area contributed by atoms with E-state index in [0.717, 1.165) is 24.6 Å². The van der Waals surface area contributed by atoms with Crippen molar-refractivity contribution in [3.8, 4) is 0 Å². The highest BCUT2D eigenvalue weighted by Crippen LogP contribution is 2.22. The van der Waals surface area contributed by atoms with Crippen molar-refractivity contribution < 1.29 is 0 Å². The van der Waals surface area contributed by atoms with Gasteiger partial charge in [-0.2, -0.15) is 4.98 Å². The monoisotopic (exact) mass is 282 g/mol. The summed E-state index contributed by atoms with van der Waals surface area (Å²) in [6.07, 6.45) is 5.67. The molecule has 0 atom stereocenters. The molecule has 4 heteroatoms. The van der Waals surface area contributed by atoms with Crippen LogP contribution in [0.1, 0.15) is 30.4 Å². The standard InChI is InChI=1S/C17H22N4/c1-13-6-7-14(2)15(12-13)19-17-18-9-8-16(20-17)21-10-4-3-5-11-21/h6-9,12H,3-5,10-11H2,1-2H3,(H,18,19,20). The van der Waals surface area contributed by atoms with E-state index in [-0.39, 0.29) is 0 Å². The maximum absolute atomic E-state index is 4.67. The van der Waals surface area contributed by atoms with Crippen LogP contribution in [0.15, 0.2) is 30.5 Å². The van der Waals surface area contributed by atoms with Crippen molar-refractivity contribution in [2.45, 2.75) is 33.1 Å². The summed E-state index contributed by atoms with van der Waals surface area (Å²) in [6.45, 7) is 6.38. The number of benzene rings is 1. The normalized spacial score (nSPS) is 15.0. The molecule has 1 saturated heterocycles. The van der Waals surface area contributed by atoms with Crippen molar-refractivity contribution in [3.63, 3.8) is 0 Å². The van der Waals surface area contributed by atoms with Gasteiger partial charge in [0.15, 0.2) is 0 Å². The van der Waals surface area contributed by atoms with Gasteiger partial charge in [0, 0.05) is 25.0 Å². The first-order valence-electron chi connectivity index (χ1n) is 7.65. The first-order valence-corrected chi connectivity index (χ1v) is 7.65. The molecule has 21 heavy (non-hydrogen) atoms. The number of nitrogens with one attached hydrogen (secondary N) is 1. The van der Waals surface area contributed by atoms with Crippen molar-refractivity contribution in [1.29, 1.82) is 0 Å². The third-order valence-electron chi connectivity index (χ3n) is 3.96. The van der Waals surface area contributed by atoms with E-state index in [2.05, 4.69) is 52.2 Å². The number of piperidine rings is 1. The Hall–Kier alpha value is -2.10. The van der Waals surface area contributed by atoms with Crippen LogP contribution in [-0.4, -0.2) is 23.1 Å². The lowest BCUT2D eigenvalue weighted by atomic mass is 10.1. The molecule has 1 aromatic carbocycles. The molecule has 1 aliphatic rings. The van der Waals surface area contributed by atoms with Crippen LogP contribution in [0.3, 0.4) is 0 Å². The molecule has 4 nitrogen and oxygen atoms in total. The Morgan fingerprint density at radius 3 is 2.67 bits per heavy atom. The van der Waals surface area contributed by atoms with Crippen molar-refractivity contribution in [3.05, 3.63) is 41.6 Å². The Morgan fingerprint density at radius 2 is 1.86 bits per heavy atom. The van der Waals surface area contributed by atoms with E-state index < -0.39 is 0 Å². The van der Waals surface area contributed by atoms with Gasteiger partial charge in [-0.05, 0) is 56.4 Å². The maximum atomic E-state index is 4.67. The van der Waals surface area contributed by atoms with E-state index in [1.54, 1.807) is 0 Å². The van der Waals surface area contributed by atoms with Gasteiger partial charge in [0.05, 0.1) is 0 Å². The van der Waals surface area contributed by atoms with E-state index in [1.807, 2.05) is 12.3 Å². The average Bonchev–Trinajstić information content (AvgIpc) is 2.52. The number of hydrogen-bond acceptors (Lipinski definition) is 4. The number of rotatable bonds is 3. The second kappa shape index (κ2) is 6.12. The number of nitrogens with zero attached hydrogens (tertiary/aromatic N) is 3. The smallest absolute Gasteiger partial charge is 0.229 e. The first-order chi connectivity index (χ1) is 10.2. The molecular weight excluding hydrogens is 260 g/mol. The fraction of sp³-hybridized carbons (Fsp3) is 0.412. The number of aromatic nitrogens is 2. The number of anilines is 3. The molecule has 1 aromatic heterocycles. The lowest BCUT2D eigenvalue weighted by molar-refractivity contribution is 0.573. The molecule has 3 rings (SSSR count). The molecule has 2 heterocycles. The van der Waals surface area contributed by atoms with E-state index in [1.165, 1.54) is 30.4 Å². The molecule has 0 bridgehead atoms. The quantitative estimate of drug-likeness (QED) is 0.929. The van der Waals surface area contributed by atoms with Crippen LogP contribution in [0.4, 0.5) is 17.5 Å². The van der Waals surface area contributed by atoms with Crippen LogP contribution in [0.25, 0.3) is 0 Å². The van der Waals surface area contributed by atoms with Crippen LogP contribution in [0.2, 0.25) is 0 Å². The number of hydrogen-bond donors (Lipinski definition) is 1. The van der Waals surface area contributed by atoms with Gasteiger partial charge in [0.1, 0.15) is 5.82 Å². The molecule has 0 unspecified atom stereocenters. The summed E-state index contributed by atoms with van der Waals surface area (Å²) >= 11 is 0. The predicted molar refractivity (Wildman–Crippen MR) is 87.3 cm³/mol. The molecule has 110 valence electrons. The van der Waals surface area contributed by atoms with Gasteiger partial charge in [-0.1, -0.05) is 12.1 Å². The number of aryl methyl sites for hydroxylation is 2. The fourth-order valence-corrected chi connectivity index (χ4v) is 2.70. The summed E-state index contributed by atoms with van der Waals surface area (Å²) in [4.78, 5) is 11.4. The van der Waals surface area contributed by atoms with Gasteiger partial charge >= 0.3 is 0 Å². The SMILES string of the molecule is Cc1ccc(C)c(Nc2nccc(N3CCCCC3)n2)c1. The summed E-state index contributed by atoms with van der Waals surface area (Å²) in [5, 5.41) is 3.34. The minimum absolute atomic E-state index is 0.673. The van der Waals surface area contributed by atoms with Gasteiger partial charge in [0.2, 0.25) is 5.95 Å². The lowest BCUT2D eigenvalue weighted by Crippen LogP contribution is -2.30. The zero-order valence-electron chi connectivity index (χ0n) is 12.8. The summed E-state index contributed by atoms with van der Waals surface area (Å²) in [5.41, 5.74) is 3.51. The van der Waals surface area contributed by atoms with Crippen LogP contribution >= 0.6 is 0 Å². The predicted octanol–water partition coefficient (Wildman–Crippen LogP) is 3.83. The Balaban J connectivity index is 1.81. The Labute approximate surface area is 126 Å². The molecular formula is C17H22N4. The second-order valence-electron chi connectivity index (χ2n) is 5.73. The maximum Gasteiger partial charge on any atom is 0.229 e. The Kier molecular flexibility index (Phi) is 4.04. The van der Waals surface area contributed by atoms with Crippen LogP contribution in [0, 0.1) is 13.8 Å². The van der Waals surface area contributed by atoms with E-state index in [4.69, 9.17) is 0 Å². The van der Waals surface area contributed by atoms with Gasteiger partial charge in [-0.3, -0.25) is 0 Å². The third-order valence-corrected chi connectivity index (χ3v) is 3.96. The zero-order chi connectivity index (χ0) is 14.7. The minimum Gasteiger partial charge on any atom is -0.356 e.